The molecule has 33 heavy (non-hydrogen) atoms. The lowest BCUT2D eigenvalue weighted by molar-refractivity contribution is -0.122. The van der Waals surface area contributed by atoms with Gasteiger partial charge >= 0.3 is 0 Å². The van der Waals surface area contributed by atoms with E-state index in [9.17, 15) is 13.2 Å². The van der Waals surface area contributed by atoms with Gasteiger partial charge in [0.05, 0.1) is 17.1 Å². The second kappa shape index (κ2) is 9.70. The fourth-order valence-electron chi connectivity index (χ4n) is 3.26. The van der Waals surface area contributed by atoms with Crippen molar-refractivity contribution < 1.29 is 17.9 Å². The summed E-state index contributed by atoms with van der Waals surface area (Å²) in [6.07, 6.45) is -0.0393. The molecule has 174 valence electrons. The molecule has 0 spiro atoms. The van der Waals surface area contributed by atoms with Crippen LogP contribution in [0.5, 0.6) is 5.75 Å². The van der Waals surface area contributed by atoms with Gasteiger partial charge in [-0.05, 0) is 50.1 Å². The predicted octanol–water partition coefficient (Wildman–Crippen LogP) is 4.25. The average molecular weight is 505 g/mol. The minimum atomic E-state index is -3.91. The molecule has 0 bridgehead atoms. The second-order valence-corrected chi connectivity index (χ2v) is 11.8. The van der Waals surface area contributed by atoms with Crippen molar-refractivity contribution in [3.63, 3.8) is 0 Å². The number of sulfonamides is 1. The zero-order valence-electron chi connectivity index (χ0n) is 18.4. The minimum Gasteiger partial charge on any atom is -0.476 e. The highest BCUT2D eigenvalue weighted by molar-refractivity contribution is 8.01. The third kappa shape index (κ3) is 5.15. The fraction of sp³-hybridized carbons (Fsp3) is 0.318. The number of aryl methyl sites for hydroxylation is 2. The van der Waals surface area contributed by atoms with Gasteiger partial charge in [0.1, 0.15) is 5.75 Å². The number of fused-ring (bicyclic) bond motifs is 1. The molecule has 0 radical (unpaired) electrons. The highest BCUT2D eigenvalue weighted by Crippen LogP contribution is 2.38. The number of rotatable bonds is 7. The number of carbonyl (C=O) groups excluding carboxylic acids is 1. The Bertz CT molecular complexity index is 1260. The molecule has 0 fully saturated rings. The summed E-state index contributed by atoms with van der Waals surface area (Å²) >= 11 is 2.85. The Labute approximate surface area is 201 Å². The molecule has 1 amide bonds. The predicted molar refractivity (Wildman–Crippen MR) is 131 cm³/mol. The molecule has 0 saturated heterocycles. The molecule has 1 aliphatic heterocycles. The van der Waals surface area contributed by atoms with E-state index in [1.54, 1.807) is 48.2 Å². The second-order valence-electron chi connectivity index (χ2n) is 7.64. The van der Waals surface area contributed by atoms with E-state index in [1.165, 1.54) is 15.6 Å². The fourth-order valence-corrected chi connectivity index (χ4v) is 6.40. The molecule has 2 aromatic carbocycles. The Morgan fingerprint density at radius 3 is 2.64 bits per heavy atom. The van der Waals surface area contributed by atoms with Gasteiger partial charge < -0.3 is 4.74 Å². The molecule has 0 saturated carbocycles. The van der Waals surface area contributed by atoms with Crippen molar-refractivity contribution in [3.05, 3.63) is 53.6 Å². The van der Waals surface area contributed by atoms with Gasteiger partial charge in [-0.15, -0.1) is 10.2 Å². The summed E-state index contributed by atoms with van der Waals surface area (Å²) in [4.78, 5) is 13.2. The van der Waals surface area contributed by atoms with Gasteiger partial charge in [0.2, 0.25) is 5.13 Å². The highest BCUT2D eigenvalue weighted by Gasteiger charge is 2.38. The molecule has 4 rings (SSSR count). The number of nitrogens with one attached hydrogen (secondary N) is 1. The number of nitrogens with zero attached hydrogens (tertiary/aromatic N) is 3. The number of amides is 1. The molecule has 0 aliphatic carbocycles. The first-order chi connectivity index (χ1) is 15.8. The summed E-state index contributed by atoms with van der Waals surface area (Å²) in [5.41, 5.74) is 2.25. The number of hydrogen-bond acceptors (Lipinski definition) is 8. The number of carbonyl (C=O) groups is 1. The Hall–Kier alpha value is -2.63. The van der Waals surface area contributed by atoms with Crippen LogP contribution in [-0.4, -0.2) is 42.9 Å². The Balaban J connectivity index is 1.61. The molecule has 11 heteroatoms. The first kappa shape index (κ1) is 23.5. The quantitative estimate of drug-likeness (QED) is 0.379. The Kier molecular flexibility index (Phi) is 6.91. The van der Waals surface area contributed by atoms with E-state index in [2.05, 4.69) is 22.4 Å². The maximum absolute atomic E-state index is 13.5. The minimum absolute atomic E-state index is 0.156. The number of anilines is 2. The number of aromatic nitrogens is 2. The SMILES string of the molecule is CCCSc1nnc(NC(=O)[C@@H]2CN(S(=O)(=O)c3ccc(C)cc3)c3cc(C)ccc3O2)s1. The van der Waals surface area contributed by atoms with Gasteiger partial charge in [-0.2, -0.15) is 0 Å². The summed E-state index contributed by atoms with van der Waals surface area (Å²) in [6.45, 7) is 5.69. The molecule has 2 heterocycles. The molecule has 1 aliphatic rings. The van der Waals surface area contributed by atoms with Gasteiger partial charge in [0.25, 0.3) is 15.9 Å². The normalized spacial score (nSPS) is 15.6. The van der Waals surface area contributed by atoms with Crippen LogP contribution in [0.15, 0.2) is 51.7 Å². The maximum atomic E-state index is 13.5. The zero-order valence-corrected chi connectivity index (χ0v) is 20.9. The van der Waals surface area contributed by atoms with Crippen LogP contribution in [0.1, 0.15) is 24.5 Å². The van der Waals surface area contributed by atoms with Crippen molar-refractivity contribution in [2.24, 2.45) is 0 Å². The number of thioether (sulfide) groups is 1. The summed E-state index contributed by atoms with van der Waals surface area (Å²) in [6, 6.07) is 11.9. The third-order valence-corrected chi connectivity index (χ3v) is 8.92. The van der Waals surface area contributed by atoms with Crippen molar-refractivity contribution in [2.45, 2.75) is 42.5 Å². The van der Waals surface area contributed by atoms with Crippen LogP contribution in [0.2, 0.25) is 0 Å². The van der Waals surface area contributed by atoms with E-state index in [1.807, 2.05) is 19.9 Å². The van der Waals surface area contributed by atoms with Crippen molar-refractivity contribution in [1.82, 2.24) is 10.2 Å². The molecule has 1 atom stereocenters. The Morgan fingerprint density at radius 2 is 1.91 bits per heavy atom. The van der Waals surface area contributed by atoms with Crippen LogP contribution < -0.4 is 14.4 Å². The lowest BCUT2D eigenvalue weighted by Crippen LogP contribution is -2.48. The van der Waals surface area contributed by atoms with Gasteiger partial charge in [0, 0.05) is 5.75 Å². The zero-order chi connectivity index (χ0) is 23.6. The molecule has 3 aromatic rings. The van der Waals surface area contributed by atoms with E-state index in [0.29, 0.717) is 16.6 Å². The molecular weight excluding hydrogens is 480 g/mol. The summed E-state index contributed by atoms with van der Waals surface area (Å²) < 4.78 is 35.0. The number of hydrogen-bond donors (Lipinski definition) is 1. The van der Waals surface area contributed by atoms with Gasteiger partial charge in [-0.25, -0.2) is 8.42 Å². The lowest BCUT2D eigenvalue weighted by atomic mass is 10.1. The van der Waals surface area contributed by atoms with Crippen LogP contribution in [-0.2, 0) is 14.8 Å². The van der Waals surface area contributed by atoms with E-state index < -0.39 is 22.0 Å². The molecule has 8 nitrogen and oxygen atoms in total. The standard InChI is InChI=1S/C22H24N4O4S3/c1-4-11-31-22-25-24-21(32-22)23-20(27)19-13-26(17-12-15(3)7-10-18(17)30-19)33(28,29)16-8-5-14(2)6-9-16/h5-10,12,19H,4,11,13H2,1-3H3,(H,23,24,27)/t19-/m0/s1. The maximum Gasteiger partial charge on any atom is 0.269 e. The van der Waals surface area contributed by atoms with Gasteiger partial charge in [-0.1, -0.05) is 53.8 Å². The van der Waals surface area contributed by atoms with Crippen LogP contribution in [0, 0.1) is 13.8 Å². The van der Waals surface area contributed by atoms with Crippen LogP contribution in [0.25, 0.3) is 0 Å². The van der Waals surface area contributed by atoms with Crippen LogP contribution in [0.3, 0.4) is 0 Å². The monoisotopic (exact) mass is 504 g/mol. The molecule has 0 unspecified atom stereocenters. The molecule has 1 aromatic heterocycles. The number of ether oxygens (including phenoxy) is 1. The van der Waals surface area contributed by atoms with Gasteiger partial charge in [0.15, 0.2) is 10.4 Å². The smallest absolute Gasteiger partial charge is 0.269 e. The first-order valence-electron chi connectivity index (χ1n) is 10.4. The first-order valence-corrected chi connectivity index (χ1v) is 13.7. The van der Waals surface area contributed by atoms with E-state index in [-0.39, 0.29) is 11.4 Å². The summed E-state index contributed by atoms with van der Waals surface area (Å²) in [5.74, 6) is 0.767. The third-order valence-electron chi connectivity index (χ3n) is 4.95. The van der Waals surface area contributed by atoms with Crippen LogP contribution >= 0.6 is 23.1 Å². The van der Waals surface area contributed by atoms with E-state index in [4.69, 9.17) is 4.74 Å². The Morgan fingerprint density at radius 1 is 1.18 bits per heavy atom. The number of benzene rings is 2. The lowest BCUT2D eigenvalue weighted by Gasteiger charge is -2.34. The van der Waals surface area contributed by atoms with Gasteiger partial charge in [-0.3, -0.25) is 14.4 Å². The van der Waals surface area contributed by atoms with E-state index >= 15 is 0 Å². The molecular formula is C22H24N4O4S3. The van der Waals surface area contributed by atoms with Crippen molar-refractivity contribution in [1.29, 1.82) is 0 Å². The largest absolute Gasteiger partial charge is 0.476 e. The van der Waals surface area contributed by atoms with Crippen molar-refractivity contribution in [2.75, 3.05) is 21.9 Å². The topological polar surface area (TPSA) is 101 Å². The van der Waals surface area contributed by atoms with E-state index in [0.717, 1.165) is 27.6 Å². The summed E-state index contributed by atoms with van der Waals surface area (Å²) in [7, 11) is -3.91. The summed E-state index contributed by atoms with van der Waals surface area (Å²) in [5, 5.41) is 11.1. The highest BCUT2D eigenvalue weighted by atomic mass is 32.2. The van der Waals surface area contributed by atoms with Crippen LogP contribution in [0.4, 0.5) is 10.8 Å². The molecule has 1 N–H and O–H groups in total. The van der Waals surface area contributed by atoms with Crippen molar-refractivity contribution in [3.8, 4) is 5.75 Å². The van der Waals surface area contributed by atoms with Crippen molar-refractivity contribution >= 4 is 49.8 Å². The average Bonchev–Trinajstić information content (AvgIpc) is 3.24.